The predicted octanol–water partition coefficient (Wildman–Crippen LogP) is 4.64. The Morgan fingerprint density at radius 1 is 0.915 bits per heavy atom. The van der Waals surface area contributed by atoms with Crippen LogP contribution in [0, 0.1) is 23.7 Å². The van der Waals surface area contributed by atoms with Gasteiger partial charge in [-0.25, -0.2) is 9.11 Å². The van der Waals surface area contributed by atoms with Gasteiger partial charge in [0.25, 0.3) is 5.91 Å². The SMILES string of the molecule is N[C@H](CF)C1CCC(C(=O)N2CC[C@@H](C3CCCCC3)[C@H]2C(=O)Cc2ccc3[nH]c(C(=O)NS(=O)(=O)N4CCCCC4)cc3c2)CC1. The standard InChI is InChI=1S/C35H50FN5O5S/c36-22-29(37)25-10-12-26(13-11-25)35(44)41-18-15-28(24-7-3-1-4-8-24)33(41)32(42)20-23-9-14-30-27(19-23)21-31(38-30)34(43)39-47(45,46)40-16-5-2-6-17-40/h9,14,19,21,24-26,28-29,33,38H,1-8,10-13,15-18,20,22,37H2,(H,39,43)/t25?,26?,28-,29+,33-/m0/s1. The molecule has 47 heavy (non-hydrogen) atoms. The number of hydrogen-bond donors (Lipinski definition) is 3. The molecule has 4 N–H and O–H groups in total. The number of rotatable bonds is 10. The molecule has 2 saturated carbocycles. The van der Waals surface area contributed by atoms with Crippen LogP contribution in [0.2, 0.25) is 0 Å². The lowest BCUT2D eigenvalue weighted by atomic mass is 9.75. The second kappa shape index (κ2) is 14.7. The van der Waals surface area contributed by atoms with E-state index in [-0.39, 0.29) is 41.6 Å². The summed E-state index contributed by atoms with van der Waals surface area (Å²) in [5, 5.41) is 0.710. The minimum Gasteiger partial charge on any atom is -0.350 e. The lowest BCUT2D eigenvalue weighted by Crippen LogP contribution is -2.48. The number of carbonyl (C=O) groups excluding carboxylic acids is 3. The van der Waals surface area contributed by atoms with Crippen molar-refractivity contribution in [2.75, 3.05) is 26.3 Å². The Morgan fingerprint density at radius 3 is 2.32 bits per heavy atom. The Bertz CT molecular complexity index is 1540. The molecule has 2 aliphatic carbocycles. The number of halogens is 1. The molecular weight excluding hydrogens is 621 g/mol. The molecule has 0 radical (unpaired) electrons. The molecule has 1 aromatic carbocycles. The third-order valence-corrected chi connectivity index (χ3v) is 12.9. The van der Waals surface area contributed by atoms with Gasteiger partial charge in [-0.05, 0) is 86.5 Å². The Kier molecular flexibility index (Phi) is 10.7. The smallest absolute Gasteiger partial charge is 0.304 e. The van der Waals surface area contributed by atoms with Crippen molar-refractivity contribution >= 4 is 38.7 Å². The summed E-state index contributed by atoms with van der Waals surface area (Å²) >= 11 is 0. The molecule has 2 aliphatic heterocycles. The molecule has 0 bridgehead atoms. The normalized spacial score (nSPS) is 27.1. The van der Waals surface area contributed by atoms with E-state index in [0.29, 0.717) is 49.3 Å². The number of fused-ring (bicyclic) bond motifs is 1. The molecule has 3 atom stereocenters. The minimum absolute atomic E-state index is 0.0417. The van der Waals surface area contributed by atoms with Crippen molar-refractivity contribution in [2.45, 2.75) is 102 Å². The summed E-state index contributed by atoms with van der Waals surface area (Å²) in [4.78, 5) is 46.0. The van der Waals surface area contributed by atoms with E-state index >= 15 is 0 Å². The van der Waals surface area contributed by atoms with E-state index in [0.717, 1.165) is 69.8 Å². The van der Waals surface area contributed by atoms with Gasteiger partial charge >= 0.3 is 10.2 Å². The summed E-state index contributed by atoms with van der Waals surface area (Å²) in [5.74, 6) is -0.0906. The van der Waals surface area contributed by atoms with E-state index in [1.807, 2.05) is 23.1 Å². The fourth-order valence-electron chi connectivity index (χ4n) is 8.75. The molecule has 1 aromatic heterocycles. The zero-order valence-corrected chi connectivity index (χ0v) is 28.1. The van der Waals surface area contributed by atoms with Gasteiger partial charge in [-0.3, -0.25) is 14.4 Å². The van der Waals surface area contributed by atoms with Crippen LogP contribution in [0.15, 0.2) is 24.3 Å². The van der Waals surface area contributed by atoms with Crippen molar-refractivity contribution in [3.63, 3.8) is 0 Å². The number of amides is 2. The van der Waals surface area contributed by atoms with E-state index in [9.17, 15) is 27.2 Å². The largest absolute Gasteiger partial charge is 0.350 e. The number of likely N-dealkylation sites (tertiary alicyclic amines) is 1. The highest BCUT2D eigenvalue weighted by atomic mass is 32.2. The number of H-pyrrole nitrogens is 1. The van der Waals surface area contributed by atoms with Crippen LogP contribution in [-0.2, 0) is 26.2 Å². The lowest BCUT2D eigenvalue weighted by Gasteiger charge is -2.37. The molecule has 0 unspecified atom stereocenters. The number of benzene rings is 1. The highest BCUT2D eigenvalue weighted by Crippen LogP contribution is 2.41. The lowest BCUT2D eigenvalue weighted by molar-refractivity contribution is -0.143. The molecule has 2 aromatic rings. The first-order valence-corrected chi connectivity index (χ1v) is 19.2. The number of nitrogens with one attached hydrogen (secondary N) is 2. The Balaban J connectivity index is 1.16. The molecule has 10 nitrogen and oxygen atoms in total. The molecule has 2 amide bonds. The van der Waals surface area contributed by atoms with E-state index in [1.165, 1.54) is 10.7 Å². The summed E-state index contributed by atoms with van der Waals surface area (Å²) in [6.45, 7) is 0.845. The average molecular weight is 672 g/mol. The first kappa shape index (κ1) is 34.0. The minimum atomic E-state index is -3.93. The zero-order chi connectivity index (χ0) is 33.1. The Morgan fingerprint density at radius 2 is 1.62 bits per heavy atom. The third-order valence-electron chi connectivity index (χ3n) is 11.4. The maximum Gasteiger partial charge on any atom is 0.304 e. The van der Waals surface area contributed by atoms with Gasteiger partial charge in [0, 0.05) is 48.9 Å². The van der Waals surface area contributed by atoms with Gasteiger partial charge in [-0.1, -0.05) is 44.6 Å². The van der Waals surface area contributed by atoms with Crippen molar-refractivity contribution in [3.8, 4) is 0 Å². The van der Waals surface area contributed by atoms with Crippen LogP contribution < -0.4 is 10.5 Å². The van der Waals surface area contributed by atoms with Crippen molar-refractivity contribution < 1.29 is 27.2 Å². The van der Waals surface area contributed by atoms with Gasteiger partial charge < -0.3 is 15.6 Å². The van der Waals surface area contributed by atoms with Gasteiger partial charge in [0.15, 0.2) is 5.78 Å². The molecule has 0 spiro atoms. The second-order valence-corrected chi connectivity index (χ2v) is 16.1. The summed E-state index contributed by atoms with van der Waals surface area (Å²) in [7, 11) is -3.93. The van der Waals surface area contributed by atoms with Crippen molar-refractivity contribution in [3.05, 3.63) is 35.5 Å². The number of nitrogens with zero attached hydrogens (tertiary/aromatic N) is 2. The van der Waals surface area contributed by atoms with Crippen molar-refractivity contribution in [1.29, 1.82) is 0 Å². The van der Waals surface area contributed by atoms with Crippen LogP contribution >= 0.6 is 0 Å². The molecular formula is C35H50FN5O5S. The molecule has 2 saturated heterocycles. The van der Waals surface area contributed by atoms with Gasteiger partial charge in [0.2, 0.25) is 5.91 Å². The number of ketones is 1. The number of aromatic nitrogens is 1. The summed E-state index contributed by atoms with van der Waals surface area (Å²) in [6, 6.07) is 6.22. The molecule has 258 valence electrons. The fraction of sp³-hybridized carbons (Fsp3) is 0.686. The Hall–Kier alpha value is -2.83. The first-order chi connectivity index (χ1) is 22.6. The number of Topliss-reactive ketones (excluding diaryl/α,β-unsaturated/α-hetero) is 1. The van der Waals surface area contributed by atoms with E-state index < -0.39 is 34.9 Å². The van der Waals surface area contributed by atoms with Gasteiger partial charge in [-0.2, -0.15) is 12.7 Å². The average Bonchev–Trinajstić information content (AvgIpc) is 3.73. The second-order valence-electron chi connectivity index (χ2n) is 14.4. The molecule has 3 heterocycles. The maximum absolute atomic E-state index is 14.2. The van der Waals surface area contributed by atoms with E-state index in [2.05, 4.69) is 9.71 Å². The number of nitrogens with two attached hydrogens (primary N) is 1. The highest BCUT2D eigenvalue weighted by molar-refractivity contribution is 7.87. The van der Waals surface area contributed by atoms with Crippen LogP contribution in [0.4, 0.5) is 4.39 Å². The number of hydrogen-bond acceptors (Lipinski definition) is 6. The molecule has 12 heteroatoms. The number of aromatic amines is 1. The van der Waals surface area contributed by atoms with Crippen LogP contribution in [0.25, 0.3) is 10.9 Å². The quantitative estimate of drug-likeness (QED) is 0.336. The summed E-state index contributed by atoms with van der Waals surface area (Å²) < 4.78 is 42.2. The topological polar surface area (TPSA) is 146 Å². The van der Waals surface area contributed by atoms with Crippen LogP contribution in [-0.4, -0.2) is 78.6 Å². The molecule has 4 fully saturated rings. The van der Waals surface area contributed by atoms with Crippen LogP contribution in [0.1, 0.15) is 99.5 Å². The fourth-order valence-corrected chi connectivity index (χ4v) is 9.96. The zero-order valence-electron chi connectivity index (χ0n) is 27.3. The predicted molar refractivity (Wildman–Crippen MR) is 178 cm³/mol. The molecule has 4 aliphatic rings. The Labute approximate surface area is 277 Å². The van der Waals surface area contributed by atoms with Crippen molar-refractivity contribution in [2.24, 2.45) is 29.4 Å². The van der Waals surface area contributed by atoms with Crippen LogP contribution in [0.5, 0.6) is 0 Å². The van der Waals surface area contributed by atoms with Crippen LogP contribution in [0.3, 0.4) is 0 Å². The van der Waals surface area contributed by atoms with E-state index in [1.54, 1.807) is 6.07 Å². The first-order valence-electron chi connectivity index (χ1n) is 17.7. The molecule has 6 rings (SSSR count). The third kappa shape index (κ3) is 7.59. The number of carbonyl (C=O) groups is 3. The summed E-state index contributed by atoms with van der Waals surface area (Å²) in [6.07, 6.45) is 12.1. The van der Waals surface area contributed by atoms with Gasteiger partial charge in [0.1, 0.15) is 12.4 Å². The van der Waals surface area contributed by atoms with E-state index in [4.69, 9.17) is 5.73 Å². The number of alkyl halides is 1. The van der Waals surface area contributed by atoms with Gasteiger partial charge in [0.05, 0.1) is 6.04 Å². The highest BCUT2D eigenvalue weighted by Gasteiger charge is 2.46. The maximum atomic E-state index is 14.2. The van der Waals surface area contributed by atoms with Crippen molar-refractivity contribution in [1.82, 2.24) is 18.9 Å². The monoisotopic (exact) mass is 671 g/mol. The summed E-state index contributed by atoms with van der Waals surface area (Å²) in [5.41, 5.74) is 7.56. The number of piperidine rings is 1. The van der Waals surface area contributed by atoms with Gasteiger partial charge in [-0.15, -0.1) is 0 Å².